The third kappa shape index (κ3) is 2.86. The van der Waals surface area contributed by atoms with Gasteiger partial charge in [-0.05, 0) is 40.6 Å². The van der Waals surface area contributed by atoms with Crippen LogP contribution in [0.1, 0.15) is 15.9 Å². The number of rotatable bonds is 3. The molecule has 0 aliphatic carbocycles. The first kappa shape index (κ1) is 13.9. The number of fused-ring (bicyclic) bond motifs is 1. The number of benzene rings is 3. The van der Waals surface area contributed by atoms with Crippen molar-refractivity contribution in [3.8, 4) is 11.5 Å². The summed E-state index contributed by atoms with van der Waals surface area (Å²) in [5.74, 6) is -1.00. The van der Waals surface area contributed by atoms with Crippen molar-refractivity contribution in [1.82, 2.24) is 0 Å². The molecule has 0 aliphatic rings. The molecule has 0 bridgehead atoms. The molecular weight excluding hydrogens is 280 g/mol. The van der Waals surface area contributed by atoms with Crippen molar-refractivity contribution < 1.29 is 19.7 Å². The van der Waals surface area contributed by atoms with Crippen molar-refractivity contribution in [3.05, 3.63) is 71.8 Å². The quantitative estimate of drug-likeness (QED) is 0.572. The van der Waals surface area contributed by atoms with Gasteiger partial charge in [-0.2, -0.15) is 0 Å². The van der Waals surface area contributed by atoms with Crippen LogP contribution in [0.2, 0.25) is 0 Å². The number of carbonyl (C=O) groups excluding carboxylic acids is 1. The Morgan fingerprint density at radius 2 is 1.68 bits per heavy atom. The molecule has 3 aromatic rings. The Kier molecular flexibility index (Phi) is 3.66. The monoisotopic (exact) mass is 294 g/mol. The summed E-state index contributed by atoms with van der Waals surface area (Å²) >= 11 is 0. The Hall–Kier alpha value is -3.01. The van der Waals surface area contributed by atoms with E-state index in [4.69, 9.17) is 4.74 Å². The Bertz CT molecular complexity index is 839. The van der Waals surface area contributed by atoms with Crippen molar-refractivity contribution in [3.63, 3.8) is 0 Å². The Morgan fingerprint density at radius 3 is 2.50 bits per heavy atom. The molecule has 110 valence electrons. The zero-order valence-corrected chi connectivity index (χ0v) is 11.7. The summed E-state index contributed by atoms with van der Waals surface area (Å²) < 4.78 is 5.19. The first-order chi connectivity index (χ1) is 10.6. The molecule has 0 fully saturated rings. The molecule has 0 saturated heterocycles. The number of phenols is 2. The lowest BCUT2D eigenvalue weighted by Crippen LogP contribution is -2.05. The molecule has 4 heteroatoms. The van der Waals surface area contributed by atoms with Gasteiger partial charge in [0.2, 0.25) is 0 Å². The van der Waals surface area contributed by atoms with Gasteiger partial charge in [0.05, 0.1) is 0 Å². The molecular formula is C18H14O4. The normalized spacial score (nSPS) is 10.5. The molecule has 22 heavy (non-hydrogen) atoms. The van der Waals surface area contributed by atoms with Gasteiger partial charge in [-0.3, -0.25) is 0 Å². The molecule has 0 heterocycles. The predicted molar refractivity (Wildman–Crippen MR) is 82.8 cm³/mol. The minimum absolute atomic E-state index is 0.0548. The Morgan fingerprint density at radius 1 is 0.909 bits per heavy atom. The van der Waals surface area contributed by atoms with Gasteiger partial charge < -0.3 is 14.9 Å². The fourth-order valence-electron chi connectivity index (χ4n) is 2.24. The molecule has 3 rings (SSSR count). The molecule has 0 aliphatic heterocycles. The van der Waals surface area contributed by atoms with Crippen LogP contribution in [0.25, 0.3) is 10.8 Å². The first-order valence-electron chi connectivity index (χ1n) is 6.80. The number of ether oxygens (including phenoxy) is 1. The SMILES string of the molecule is O=C(OCc1ccc2ccccc2c1)c1cc(O)ccc1O. The molecule has 4 nitrogen and oxygen atoms in total. The maximum absolute atomic E-state index is 12.0. The molecule has 0 atom stereocenters. The smallest absolute Gasteiger partial charge is 0.342 e. The summed E-state index contributed by atoms with van der Waals surface area (Å²) in [6.07, 6.45) is 0. The number of esters is 1. The summed E-state index contributed by atoms with van der Waals surface area (Å²) in [6.45, 7) is 0.0960. The largest absolute Gasteiger partial charge is 0.508 e. The fraction of sp³-hybridized carbons (Fsp3) is 0.0556. The molecule has 0 radical (unpaired) electrons. The van der Waals surface area contributed by atoms with Crippen molar-refractivity contribution >= 4 is 16.7 Å². The van der Waals surface area contributed by atoms with Gasteiger partial charge in [0.1, 0.15) is 23.7 Å². The average Bonchev–Trinajstić information content (AvgIpc) is 2.54. The van der Waals surface area contributed by atoms with E-state index in [0.717, 1.165) is 16.3 Å². The second kappa shape index (κ2) is 5.77. The zero-order chi connectivity index (χ0) is 15.5. The molecule has 0 spiro atoms. The van der Waals surface area contributed by atoms with Gasteiger partial charge in [-0.15, -0.1) is 0 Å². The lowest BCUT2D eigenvalue weighted by molar-refractivity contribution is 0.0469. The van der Waals surface area contributed by atoms with Crippen LogP contribution in [0, 0.1) is 0 Å². The third-order valence-electron chi connectivity index (χ3n) is 3.38. The van der Waals surface area contributed by atoms with E-state index in [0.29, 0.717) is 0 Å². The second-order valence-electron chi connectivity index (χ2n) is 4.96. The van der Waals surface area contributed by atoms with Gasteiger partial charge in [-0.1, -0.05) is 36.4 Å². The number of hydrogen-bond acceptors (Lipinski definition) is 4. The summed E-state index contributed by atoms with van der Waals surface area (Å²) in [7, 11) is 0. The third-order valence-corrected chi connectivity index (χ3v) is 3.38. The Labute approximate surface area is 127 Å². The van der Waals surface area contributed by atoms with Crippen LogP contribution in [-0.2, 0) is 11.3 Å². The summed E-state index contributed by atoms with van der Waals surface area (Å²) in [5.41, 5.74) is 0.799. The number of hydrogen-bond donors (Lipinski definition) is 2. The van der Waals surface area contributed by atoms with Gasteiger partial charge in [-0.25, -0.2) is 4.79 Å². The van der Waals surface area contributed by atoms with E-state index >= 15 is 0 Å². The minimum atomic E-state index is -0.679. The minimum Gasteiger partial charge on any atom is -0.508 e. The summed E-state index contributed by atoms with van der Waals surface area (Å²) in [4.78, 5) is 12.0. The van der Waals surface area contributed by atoms with Gasteiger partial charge >= 0.3 is 5.97 Å². The molecule has 3 aromatic carbocycles. The van der Waals surface area contributed by atoms with Gasteiger partial charge in [0, 0.05) is 0 Å². The Balaban J connectivity index is 1.75. The van der Waals surface area contributed by atoms with E-state index in [-0.39, 0.29) is 23.7 Å². The summed E-state index contributed by atoms with van der Waals surface area (Å²) in [6, 6.07) is 17.4. The summed E-state index contributed by atoms with van der Waals surface area (Å²) in [5, 5.41) is 21.2. The lowest BCUT2D eigenvalue weighted by Gasteiger charge is -2.08. The van der Waals surface area contributed by atoms with Crippen LogP contribution in [0.5, 0.6) is 11.5 Å². The predicted octanol–water partition coefficient (Wildman–Crippen LogP) is 3.61. The van der Waals surface area contributed by atoms with E-state index < -0.39 is 5.97 Å². The highest BCUT2D eigenvalue weighted by molar-refractivity contribution is 5.93. The fourth-order valence-corrected chi connectivity index (χ4v) is 2.24. The van der Waals surface area contributed by atoms with E-state index in [1.807, 2.05) is 42.5 Å². The second-order valence-corrected chi connectivity index (χ2v) is 4.96. The van der Waals surface area contributed by atoms with Crippen molar-refractivity contribution in [2.45, 2.75) is 6.61 Å². The molecule has 0 saturated carbocycles. The van der Waals surface area contributed by atoms with Gasteiger partial charge in [0.25, 0.3) is 0 Å². The highest BCUT2D eigenvalue weighted by Gasteiger charge is 2.13. The zero-order valence-electron chi connectivity index (χ0n) is 11.7. The number of phenolic OH excluding ortho intramolecular Hbond substituents is 2. The number of carbonyl (C=O) groups is 1. The van der Waals surface area contributed by atoms with Crippen molar-refractivity contribution in [2.75, 3.05) is 0 Å². The average molecular weight is 294 g/mol. The van der Waals surface area contributed by atoms with Crippen molar-refractivity contribution in [2.24, 2.45) is 0 Å². The topological polar surface area (TPSA) is 66.8 Å². The first-order valence-corrected chi connectivity index (χ1v) is 6.80. The molecule has 2 N–H and O–H groups in total. The van der Waals surface area contributed by atoms with Crippen molar-refractivity contribution in [1.29, 1.82) is 0 Å². The van der Waals surface area contributed by atoms with E-state index in [2.05, 4.69) is 0 Å². The molecule has 0 amide bonds. The van der Waals surface area contributed by atoms with Crippen LogP contribution in [0.3, 0.4) is 0 Å². The van der Waals surface area contributed by atoms with Crippen LogP contribution in [-0.4, -0.2) is 16.2 Å². The van der Waals surface area contributed by atoms with E-state index in [9.17, 15) is 15.0 Å². The van der Waals surface area contributed by atoms with Crippen LogP contribution in [0.15, 0.2) is 60.7 Å². The lowest BCUT2D eigenvalue weighted by atomic mass is 10.1. The molecule has 0 unspecified atom stereocenters. The van der Waals surface area contributed by atoms with E-state index in [1.54, 1.807) is 0 Å². The number of aromatic hydroxyl groups is 2. The maximum Gasteiger partial charge on any atom is 0.342 e. The van der Waals surface area contributed by atoms with Crippen LogP contribution >= 0.6 is 0 Å². The highest BCUT2D eigenvalue weighted by Crippen LogP contribution is 2.23. The standard InChI is InChI=1S/C18H14O4/c19-15-7-8-17(20)16(10-15)18(21)22-11-12-5-6-13-3-1-2-4-14(13)9-12/h1-10,19-20H,11H2. The van der Waals surface area contributed by atoms with E-state index in [1.165, 1.54) is 18.2 Å². The highest BCUT2D eigenvalue weighted by atomic mass is 16.5. The maximum atomic E-state index is 12.0. The molecule has 0 aromatic heterocycles. The van der Waals surface area contributed by atoms with Crippen LogP contribution in [0.4, 0.5) is 0 Å². The van der Waals surface area contributed by atoms with Crippen LogP contribution < -0.4 is 0 Å². The van der Waals surface area contributed by atoms with Gasteiger partial charge in [0.15, 0.2) is 0 Å².